The molecule has 2 N–H and O–H groups in total. The lowest BCUT2D eigenvalue weighted by atomic mass is 10.2. The number of aromatic hydroxyl groups is 1. The van der Waals surface area contributed by atoms with Crippen molar-refractivity contribution >= 4 is 29.1 Å². The number of benzene rings is 1. The van der Waals surface area contributed by atoms with Gasteiger partial charge < -0.3 is 15.2 Å². The molecule has 1 aromatic carbocycles. The number of para-hydroxylation sites is 1. The van der Waals surface area contributed by atoms with Crippen molar-refractivity contribution in [1.29, 1.82) is 0 Å². The first kappa shape index (κ1) is 12.4. The second-order valence-electron chi connectivity index (χ2n) is 3.38. The summed E-state index contributed by atoms with van der Waals surface area (Å²) in [5, 5.41) is 20.4. The number of thioether (sulfide) groups is 1. The Morgan fingerprint density at radius 3 is 3.06 bits per heavy atom. The SMILES string of the molecule is COc1cccc(C=NN=C2NC(=O)CS2)c1O. The molecular weight excluding hydrogens is 254 g/mol. The summed E-state index contributed by atoms with van der Waals surface area (Å²) in [5.74, 6) is 0.652. The first-order chi connectivity index (χ1) is 8.70. The van der Waals surface area contributed by atoms with Crippen molar-refractivity contribution in [2.75, 3.05) is 12.9 Å². The number of carbonyl (C=O) groups is 1. The summed E-state index contributed by atoms with van der Waals surface area (Å²) in [7, 11) is 1.47. The lowest BCUT2D eigenvalue weighted by Gasteiger charge is -2.04. The third-order valence-corrected chi connectivity index (χ3v) is 3.05. The van der Waals surface area contributed by atoms with Crippen LogP contribution in [0.2, 0.25) is 0 Å². The van der Waals surface area contributed by atoms with Gasteiger partial charge in [-0.3, -0.25) is 4.79 Å². The van der Waals surface area contributed by atoms with Crippen LogP contribution in [0.15, 0.2) is 28.4 Å². The molecule has 1 amide bonds. The normalized spacial score (nSPS) is 17.4. The van der Waals surface area contributed by atoms with E-state index in [1.54, 1.807) is 18.2 Å². The number of ether oxygens (including phenoxy) is 1. The number of amides is 1. The molecular formula is C11H11N3O3S. The lowest BCUT2D eigenvalue weighted by Crippen LogP contribution is -2.19. The quantitative estimate of drug-likeness (QED) is 0.629. The predicted octanol–water partition coefficient (Wildman–Crippen LogP) is 0.954. The Morgan fingerprint density at radius 2 is 2.39 bits per heavy atom. The highest BCUT2D eigenvalue weighted by molar-refractivity contribution is 8.15. The van der Waals surface area contributed by atoms with E-state index in [1.165, 1.54) is 25.1 Å². The minimum atomic E-state index is -0.0850. The number of methoxy groups -OCH3 is 1. The molecule has 1 aliphatic rings. The van der Waals surface area contributed by atoms with Gasteiger partial charge in [0.2, 0.25) is 5.91 Å². The Morgan fingerprint density at radius 1 is 1.56 bits per heavy atom. The smallest absolute Gasteiger partial charge is 0.236 e. The summed E-state index contributed by atoms with van der Waals surface area (Å²) in [6, 6.07) is 5.06. The predicted molar refractivity (Wildman–Crippen MR) is 70.3 cm³/mol. The van der Waals surface area contributed by atoms with Gasteiger partial charge in [0, 0.05) is 5.56 Å². The zero-order valence-electron chi connectivity index (χ0n) is 9.58. The summed E-state index contributed by atoms with van der Waals surface area (Å²) in [5.41, 5.74) is 0.494. The Balaban J connectivity index is 2.12. The molecule has 0 aliphatic carbocycles. The van der Waals surface area contributed by atoms with Crippen molar-refractivity contribution in [3.8, 4) is 11.5 Å². The van der Waals surface area contributed by atoms with E-state index in [-0.39, 0.29) is 11.7 Å². The zero-order chi connectivity index (χ0) is 13.0. The number of amidine groups is 1. The molecule has 1 saturated heterocycles. The number of hydrogen-bond donors (Lipinski definition) is 2. The van der Waals surface area contributed by atoms with Crippen LogP contribution in [-0.4, -0.2) is 35.3 Å². The van der Waals surface area contributed by atoms with E-state index in [0.29, 0.717) is 22.2 Å². The fourth-order valence-corrected chi connectivity index (χ4v) is 1.96. The fraction of sp³-hybridized carbons (Fsp3) is 0.182. The second-order valence-corrected chi connectivity index (χ2v) is 4.35. The van der Waals surface area contributed by atoms with Gasteiger partial charge in [0.15, 0.2) is 16.7 Å². The number of carbonyl (C=O) groups excluding carboxylic acids is 1. The highest BCUT2D eigenvalue weighted by Gasteiger charge is 2.15. The van der Waals surface area contributed by atoms with E-state index < -0.39 is 0 Å². The first-order valence-electron chi connectivity index (χ1n) is 5.10. The van der Waals surface area contributed by atoms with Crippen molar-refractivity contribution in [3.63, 3.8) is 0 Å². The molecule has 0 aromatic heterocycles. The van der Waals surface area contributed by atoms with E-state index >= 15 is 0 Å². The number of nitrogens with zero attached hydrogens (tertiary/aromatic N) is 2. The second kappa shape index (κ2) is 5.54. The molecule has 0 radical (unpaired) electrons. The largest absolute Gasteiger partial charge is 0.504 e. The van der Waals surface area contributed by atoms with Crippen LogP contribution in [-0.2, 0) is 4.79 Å². The van der Waals surface area contributed by atoms with Crippen molar-refractivity contribution in [3.05, 3.63) is 23.8 Å². The van der Waals surface area contributed by atoms with Gasteiger partial charge in [-0.2, -0.15) is 5.10 Å². The lowest BCUT2D eigenvalue weighted by molar-refractivity contribution is -0.116. The summed E-state index contributed by atoms with van der Waals surface area (Å²) >= 11 is 1.29. The van der Waals surface area contributed by atoms with Crippen molar-refractivity contribution in [2.45, 2.75) is 0 Å². The molecule has 1 fully saturated rings. The molecule has 7 heteroatoms. The molecule has 6 nitrogen and oxygen atoms in total. The van der Waals surface area contributed by atoms with Gasteiger partial charge in [-0.05, 0) is 12.1 Å². The van der Waals surface area contributed by atoms with Gasteiger partial charge in [-0.25, -0.2) is 0 Å². The maximum atomic E-state index is 10.9. The maximum Gasteiger partial charge on any atom is 0.236 e. The van der Waals surface area contributed by atoms with Crippen LogP contribution in [0.4, 0.5) is 0 Å². The maximum absolute atomic E-state index is 10.9. The van der Waals surface area contributed by atoms with E-state index in [2.05, 4.69) is 15.5 Å². The standard InChI is InChI=1S/C11H11N3O3S/c1-17-8-4-2-3-7(10(8)16)5-12-14-11-13-9(15)6-18-11/h2-5,16H,6H2,1H3,(H,13,14,15). The van der Waals surface area contributed by atoms with E-state index in [1.807, 2.05) is 0 Å². The number of phenolic OH excluding ortho intramolecular Hbond substituents is 1. The molecule has 0 bridgehead atoms. The van der Waals surface area contributed by atoms with Gasteiger partial charge in [-0.1, -0.05) is 17.8 Å². The molecule has 2 rings (SSSR count). The number of hydrogen-bond acceptors (Lipinski definition) is 6. The zero-order valence-corrected chi connectivity index (χ0v) is 10.4. The van der Waals surface area contributed by atoms with E-state index in [9.17, 15) is 9.90 Å². The highest BCUT2D eigenvalue weighted by atomic mass is 32.2. The monoisotopic (exact) mass is 265 g/mol. The van der Waals surface area contributed by atoms with Crippen molar-refractivity contribution < 1.29 is 14.6 Å². The van der Waals surface area contributed by atoms with E-state index in [0.717, 1.165) is 0 Å². The van der Waals surface area contributed by atoms with Gasteiger partial charge in [0.05, 0.1) is 19.1 Å². The molecule has 0 unspecified atom stereocenters. The molecule has 0 saturated carbocycles. The van der Waals surface area contributed by atoms with Crippen LogP contribution >= 0.6 is 11.8 Å². The third-order valence-electron chi connectivity index (χ3n) is 2.18. The number of nitrogens with one attached hydrogen (secondary N) is 1. The van der Waals surface area contributed by atoms with Gasteiger partial charge in [0.1, 0.15) is 0 Å². The number of rotatable bonds is 3. The third kappa shape index (κ3) is 2.80. The summed E-state index contributed by atoms with van der Waals surface area (Å²) < 4.78 is 4.97. The number of phenols is 1. The van der Waals surface area contributed by atoms with Gasteiger partial charge >= 0.3 is 0 Å². The summed E-state index contributed by atoms with van der Waals surface area (Å²) in [4.78, 5) is 10.9. The van der Waals surface area contributed by atoms with E-state index in [4.69, 9.17) is 4.74 Å². The molecule has 0 spiro atoms. The minimum Gasteiger partial charge on any atom is -0.504 e. The van der Waals surface area contributed by atoms with Gasteiger partial charge in [-0.15, -0.1) is 5.10 Å². The summed E-state index contributed by atoms with van der Waals surface area (Å²) in [6.07, 6.45) is 1.40. The fourth-order valence-electron chi connectivity index (χ4n) is 1.33. The average molecular weight is 265 g/mol. The van der Waals surface area contributed by atoms with Gasteiger partial charge in [0.25, 0.3) is 0 Å². The van der Waals surface area contributed by atoms with Crippen molar-refractivity contribution in [2.24, 2.45) is 10.2 Å². The van der Waals surface area contributed by atoms with Crippen LogP contribution in [0.3, 0.4) is 0 Å². The average Bonchev–Trinajstić information content (AvgIpc) is 2.77. The Labute approximate surface area is 108 Å². The topological polar surface area (TPSA) is 83.3 Å². The van der Waals surface area contributed by atoms with Crippen LogP contribution < -0.4 is 10.1 Å². The Kier molecular flexibility index (Phi) is 3.83. The molecule has 1 aliphatic heterocycles. The summed E-state index contributed by atoms with van der Waals surface area (Å²) in [6.45, 7) is 0. The highest BCUT2D eigenvalue weighted by Crippen LogP contribution is 2.27. The Hall–Kier alpha value is -2.02. The molecule has 94 valence electrons. The minimum absolute atomic E-state index is 0.00654. The molecule has 0 atom stereocenters. The first-order valence-corrected chi connectivity index (χ1v) is 6.09. The molecule has 18 heavy (non-hydrogen) atoms. The van der Waals surface area contributed by atoms with Crippen molar-refractivity contribution in [1.82, 2.24) is 5.32 Å². The van der Waals surface area contributed by atoms with Crippen LogP contribution in [0, 0.1) is 0 Å². The van der Waals surface area contributed by atoms with Crippen LogP contribution in [0.25, 0.3) is 0 Å². The van der Waals surface area contributed by atoms with Crippen LogP contribution in [0.5, 0.6) is 11.5 Å². The van der Waals surface area contributed by atoms with Crippen LogP contribution in [0.1, 0.15) is 5.56 Å². The molecule has 1 aromatic rings. The molecule has 1 heterocycles. The Bertz CT molecular complexity index is 528.